The largest absolute Gasteiger partial charge is 0.417 e. The molecule has 0 heterocycles. The Morgan fingerprint density at radius 3 is 1.87 bits per heavy atom. The number of carbonyl (C=O) groups excluding carboxylic acids is 1. The highest BCUT2D eigenvalue weighted by Crippen LogP contribution is 2.29. The topological polar surface area (TPSA) is 26.3 Å². The molecule has 0 unspecified atom stereocenters. The molecule has 7 heteroatoms. The lowest BCUT2D eigenvalue weighted by atomic mass is 10.1. The van der Waals surface area contributed by atoms with Crippen LogP contribution in [0.15, 0.2) is 36.4 Å². The van der Waals surface area contributed by atoms with Crippen molar-refractivity contribution in [2.75, 3.05) is 0 Å². The van der Waals surface area contributed by atoms with Gasteiger partial charge in [-0.25, -0.2) is 18.0 Å². The van der Waals surface area contributed by atoms with Gasteiger partial charge < -0.3 is 4.74 Å². The second-order valence-corrected chi connectivity index (χ2v) is 4.51. The van der Waals surface area contributed by atoms with Crippen LogP contribution in [-0.2, 0) is 4.79 Å². The molecule has 0 bridgehead atoms. The lowest BCUT2D eigenvalue weighted by Crippen LogP contribution is -2.11. The number of halogens is 5. The number of carbonyl (C=O) groups is 1. The van der Waals surface area contributed by atoms with E-state index < -0.39 is 40.8 Å². The molecule has 120 valence electrons. The van der Waals surface area contributed by atoms with Crippen LogP contribution in [0.3, 0.4) is 0 Å². The molecule has 23 heavy (non-hydrogen) atoms. The van der Waals surface area contributed by atoms with Gasteiger partial charge in [0.05, 0.1) is 0 Å². The van der Waals surface area contributed by atoms with Crippen molar-refractivity contribution in [3.05, 3.63) is 71.1 Å². The number of rotatable bonds is 3. The van der Waals surface area contributed by atoms with Crippen LogP contribution in [0.4, 0.5) is 22.0 Å². The molecule has 0 aliphatic heterocycles. The summed E-state index contributed by atoms with van der Waals surface area (Å²) in [5.41, 5.74) is 1.02. The molecule has 2 rings (SSSR count). The van der Waals surface area contributed by atoms with Crippen LogP contribution in [0.2, 0.25) is 0 Å². The van der Waals surface area contributed by atoms with Crippen molar-refractivity contribution in [1.82, 2.24) is 0 Å². The normalized spacial score (nSPS) is 11.5. The van der Waals surface area contributed by atoms with E-state index in [1.54, 1.807) is 30.3 Å². The van der Waals surface area contributed by atoms with E-state index in [0.717, 1.165) is 6.08 Å². The molecular weight excluding hydrogens is 319 g/mol. The Balaban J connectivity index is 2.32. The second-order valence-electron chi connectivity index (χ2n) is 4.51. The quantitative estimate of drug-likeness (QED) is 0.209. The van der Waals surface area contributed by atoms with Crippen LogP contribution in [0, 0.1) is 29.1 Å². The smallest absolute Gasteiger partial charge is 0.336 e. The van der Waals surface area contributed by atoms with Crippen molar-refractivity contribution in [2.45, 2.75) is 6.92 Å². The van der Waals surface area contributed by atoms with Crippen LogP contribution < -0.4 is 4.74 Å². The van der Waals surface area contributed by atoms with Gasteiger partial charge in [-0.05, 0) is 18.1 Å². The Bertz CT molecular complexity index is 756. The van der Waals surface area contributed by atoms with Crippen molar-refractivity contribution in [2.24, 2.45) is 0 Å². The van der Waals surface area contributed by atoms with E-state index in [2.05, 4.69) is 4.74 Å². The number of esters is 1. The third-order valence-electron chi connectivity index (χ3n) is 2.94. The fourth-order valence-corrected chi connectivity index (χ4v) is 1.77. The Morgan fingerprint density at radius 2 is 1.35 bits per heavy atom. The standard InChI is InChI=1S/C16H9F5O2/c1-8(9-5-3-2-4-6-9)7-10(22)23-16-14(20)12(18)11(17)13(19)15(16)21/h2-7H,1H3. The third-order valence-corrected chi connectivity index (χ3v) is 2.94. The van der Waals surface area contributed by atoms with Crippen LogP contribution in [0.1, 0.15) is 12.5 Å². The van der Waals surface area contributed by atoms with Crippen molar-refractivity contribution < 1.29 is 31.5 Å². The molecule has 0 saturated carbocycles. The summed E-state index contributed by atoms with van der Waals surface area (Å²) in [7, 11) is 0. The summed E-state index contributed by atoms with van der Waals surface area (Å²) in [5, 5.41) is 0. The average molecular weight is 328 g/mol. The second kappa shape index (κ2) is 6.60. The van der Waals surface area contributed by atoms with Crippen LogP contribution in [-0.4, -0.2) is 5.97 Å². The van der Waals surface area contributed by atoms with Gasteiger partial charge in [-0.2, -0.15) is 8.78 Å². The molecule has 0 amide bonds. The van der Waals surface area contributed by atoms with Gasteiger partial charge in [-0.3, -0.25) is 0 Å². The predicted molar refractivity (Wildman–Crippen MR) is 72.0 cm³/mol. The minimum atomic E-state index is -2.32. The molecule has 2 aromatic carbocycles. The van der Waals surface area contributed by atoms with Gasteiger partial charge in [0.15, 0.2) is 0 Å². The zero-order chi connectivity index (χ0) is 17.1. The number of allylic oxidation sites excluding steroid dienone is 1. The SMILES string of the molecule is CC(=CC(=O)Oc1c(F)c(F)c(F)c(F)c1F)c1ccccc1. The summed E-state index contributed by atoms with van der Waals surface area (Å²) < 4.78 is 70.0. The molecule has 0 fully saturated rings. The van der Waals surface area contributed by atoms with E-state index in [0.29, 0.717) is 11.1 Å². The summed E-state index contributed by atoms with van der Waals surface area (Å²) in [6, 6.07) is 8.46. The summed E-state index contributed by atoms with van der Waals surface area (Å²) in [6.07, 6.45) is 0.882. The Hall–Kier alpha value is -2.70. The molecular formula is C16H9F5O2. The summed E-state index contributed by atoms with van der Waals surface area (Å²) >= 11 is 0. The number of hydrogen-bond donors (Lipinski definition) is 0. The first kappa shape index (κ1) is 16.7. The fraction of sp³-hybridized carbons (Fsp3) is 0.0625. The zero-order valence-corrected chi connectivity index (χ0v) is 11.7. The monoisotopic (exact) mass is 328 g/mol. The molecule has 0 aliphatic carbocycles. The van der Waals surface area contributed by atoms with E-state index in [9.17, 15) is 26.7 Å². The van der Waals surface area contributed by atoms with Crippen molar-refractivity contribution >= 4 is 11.5 Å². The Morgan fingerprint density at radius 1 is 0.870 bits per heavy atom. The molecule has 0 N–H and O–H groups in total. The minimum absolute atomic E-state index is 0.388. The Kier molecular flexibility index (Phi) is 4.78. The van der Waals surface area contributed by atoms with E-state index >= 15 is 0 Å². The fourth-order valence-electron chi connectivity index (χ4n) is 1.77. The molecule has 0 aliphatic rings. The molecule has 0 atom stereocenters. The summed E-state index contributed by atoms with van der Waals surface area (Å²) in [4.78, 5) is 11.6. The van der Waals surface area contributed by atoms with Crippen molar-refractivity contribution in [3.63, 3.8) is 0 Å². The first-order chi connectivity index (χ1) is 10.8. The maximum Gasteiger partial charge on any atom is 0.336 e. The van der Waals surface area contributed by atoms with E-state index in [4.69, 9.17) is 0 Å². The first-order valence-electron chi connectivity index (χ1n) is 6.30. The lowest BCUT2D eigenvalue weighted by Gasteiger charge is -2.08. The van der Waals surface area contributed by atoms with Crippen LogP contribution in [0.5, 0.6) is 5.75 Å². The molecule has 0 saturated heterocycles. The maximum absolute atomic E-state index is 13.4. The van der Waals surface area contributed by atoms with Gasteiger partial charge in [-0.15, -0.1) is 0 Å². The predicted octanol–water partition coefficient (Wildman–Crippen LogP) is 4.39. The number of ether oxygens (including phenoxy) is 1. The van der Waals surface area contributed by atoms with Crippen molar-refractivity contribution in [1.29, 1.82) is 0 Å². The highest BCUT2D eigenvalue weighted by atomic mass is 19.2. The van der Waals surface area contributed by atoms with E-state index in [1.165, 1.54) is 6.92 Å². The van der Waals surface area contributed by atoms with Gasteiger partial charge in [0.25, 0.3) is 0 Å². The minimum Gasteiger partial charge on any atom is -0.417 e. The van der Waals surface area contributed by atoms with Gasteiger partial charge in [0.2, 0.25) is 34.8 Å². The number of hydrogen-bond acceptors (Lipinski definition) is 2. The molecule has 0 aromatic heterocycles. The van der Waals surface area contributed by atoms with Gasteiger partial charge in [0.1, 0.15) is 0 Å². The summed E-state index contributed by atoms with van der Waals surface area (Å²) in [6.45, 7) is 1.52. The maximum atomic E-state index is 13.4. The van der Waals surface area contributed by atoms with Crippen molar-refractivity contribution in [3.8, 4) is 5.75 Å². The van der Waals surface area contributed by atoms with E-state index in [-0.39, 0.29) is 0 Å². The van der Waals surface area contributed by atoms with Crippen LogP contribution in [0.25, 0.3) is 5.57 Å². The van der Waals surface area contributed by atoms with Crippen LogP contribution >= 0.6 is 0 Å². The third kappa shape index (κ3) is 3.39. The summed E-state index contributed by atoms with van der Waals surface area (Å²) in [5.74, 6) is -14.0. The highest BCUT2D eigenvalue weighted by molar-refractivity contribution is 5.92. The highest BCUT2D eigenvalue weighted by Gasteiger charge is 2.28. The molecule has 2 aromatic rings. The Labute approximate surface area is 127 Å². The lowest BCUT2D eigenvalue weighted by molar-refractivity contribution is -0.129. The average Bonchev–Trinajstić information content (AvgIpc) is 2.56. The number of benzene rings is 2. The van der Waals surface area contributed by atoms with Gasteiger partial charge >= 0.3 is 5.97 Å². The molecule has 2 nitrogen and oxygen atoms in total. The molecule has 0 spiro atoms. The van der Waals surface area contributed by atoms with Gasteiger partial charge in [0, 0.05) is 6.08 Å². The van der Waals surface area contributed by atoms with E-state index in [1.807, 2.05) is 0 Å². The van der Waals surface area contributed by atoms with Gasteiger partial charge in [-0.1, -0.05) is 30.3 Å². The first-order valence-corrected chi connectivity index (χ1v) is 6.30. The zero-order valence-electron chi connectivity index (χ0n) is 11.7. The molecule has 0 radical (unpaired) electrons.